The van der Waals surface area contributed by atoms with Crippen molar-refractivity contribution in [1.82, 2.24) is 21.3 Å². The van der Waals surface area contributed by atoms with E-state index in [9.17, 15) is 24.0 Å². The van der Waals surface area contributed by atoms with Crippen molar-refractivity contribution in [1.29, 1.82) is 0 Å². The summed E-state index contributed by atoms with van der Waals surface area (Å²) in [6.45, 7) is 19.5. The second kappa shape index (κ2) is 11.0. The van der Waals surface area contributed by atoms with E-state index in [1.807, 2.05) is 0 Å². The van der Waals surface area contributed by atoms with Gasteiger partial charge in [0.15, 0.2) is 0 Å². The number of amides is 4. The first kappa shape index (κ1) is 33.7. The zero-order valence-corrected chi connectivity index (χ0v) is 24.3. The molecular weight excluding hydrogens is 482 g/mol. The summed E-state index contributed by atoms with van der Waals surface area (Å²) in [6, 6.07) is 0. The molecule has 0 rings (SSSR count). The van der Waals surface area contributed by atoms with Crippen LogP contribution >= 0.6 is 0 Å². The Balaban J connectivity index is 5.47. The van der Waals surface area contributed by atoms with Gasteiger partial charge in [0.25, 0.3) is 0 Å². The Kier molecular flexibility index (Phi) is 9.97. The lowest BCUT2D eigenvalue weighted by Gasteiger charge is -2.36. The maximum atomic E-state index is 13.1. The van der Waals surface area contributed by atoms with Gasteiger partial charge in [-0.1, -0.05) is 5.11 Å². The molecule has 0 aromatic heterocycles. The van der Waals surface area contributed by atoms with Crippen LogP contribution in [0.4, 0.5) is 0 Å². The number of nitrogens with one attached hydrogen (secondary N) is 4. The zero-order chi connectivity index (χ0) is 29.8. The Morgan fingerprint density at radius 2 is 0.865 bits per heavy atom. The third-order valence-corrected chi connectivity index (χ3v) is 5.17. The molecule has 0 aliphatic heterocycles. The summed E-state index contributed by atoms with van der Waals surface area (Å²) >= 11 is 0. The van der Waals surface area contributed by atoms with E-state index in [0.717, 1.165) is 0 Å². The summed E-state index contributed by atoms with van der Waals surface area (Å²) < 4.78 is 5.35. The summed E-state index contributed by atoms with van der Waals surface area (Å²) in [7, 11) is 0. The summed E-state index contributed by atoms with van der Waals surface area (Å²) in [5, 5.41) is 13.7. The highest BCUT2D eigenvalue weighted by Gasteiger charge is 2.43. The van der Waals surface area contributed by atoms with Gasteiger partial charge in [0.05, 0.1) is 0 Å². The topological polar surface area (TPSA) is 191 Å². The Labute approximate surface area is 218 Å². The van der Waals surface area contributed by atoms with Gasteiger partial charge in [-0.2, -0.15) is 0 Å². The quantitative estimate of drug-likeness (QED) is 0.146. The van der Waals surface area contributed by atoms with Crippen molar-refractivity contribution in [3.63, 3.8) is 0 Å². The number of hydrogen-bond donors (Lipinski definition) is 4. The van der Waals surface area contributed by atoms with Crippen LogP contribution in [0.5, 0.6) is 0 Å². The van der Waals surface area contributed by atoms with Crippen molar-refractivity contribution in [2.45, 2.75) is 123 Å². The fourth-order valence-corrected chi connectivity index (χ4v) is 2.54. The van der Waals surface area contributed by atoms with Crippen LogP contribution in [0.15, 0.2) is 5.11 Å². The lowest BCUT2D eigenvalue weighted by atomic mass is 9.95. The Morgan fingerprint density at radius 1 is 0.568 bits per heavy atom. The highest BCUT2D eigenvalue weighted by molar-refractivity contribution is 6.00. The predicted octanol–water partition coefficient (Wildman–Crippen LogP) is 2.00. The first-order valence-corrected chi connectivity index (χ1v) is 11.8. The number of rotatable bonds is 10. The SMILES string of the molecule is CC(C)(C)OC(=O)C(C)(C)NC(=O)C(C)(C)NC(=O)C(C)(C)NC(=O)C(C)(C)NC(=O)C(C)(C)N=[N+]=[N-]. The summed E-state index contributed by atoms with van der Waals surface area (Å²) in [5.74, 6) is -3.35. The predicted molar refractivity (Wildman–Crippen MR) is 138 cm³/mol. The summed E-state index contributed by atoms with van der Waals surface area (Å²) in [4.78, 5) is 66.5. The number of hydrogen-bond acceptors (Lipinski definition) is 7. The third kappa shape index (κ3) is 9.91. The van der Waals surface area contributed by atoms with Crippen LogP contribution in [0.3, 0.4) is 0 Å². The summed E-state index contributed by atoms with van der Waals surface area (Å²) in [6.07, 6.45) is 0. The molecule has 4 amide bonds. The van der Waals surface area contributed by atoms with Crippen molar-refractivity contribution >= 4 is 29.6 Å². The molecule has 0 fully saturated rings. The summed E-state index contributed by atoms with van der Waals surface area (Å²) in [5.41, 5.74) is 0.630. The van der Waals surface area contributed by atoms with E-state index in [0.29, 0.717) is 0 Å². The highest BCUT2D eigenvalue weighted by atomic mass is 16.6. The number of azide groups is 1. The van der Waals surface area contributed by atoms with Gasteiger partial charge in [-0.25, -0.2) is 4.79 Å². The van der Waals surface area contributed by atoms with Gasteiger partial charge >= 0.3 is 5.97 Å². The molecule has 0 aromatic carbocycles. The van der Waals surface area contributed by atoms with E-state index < -0.39 is 62.9 Å². The molecule has 0 aliphatic rings. The fraction of sp³-hybridized carbons (Fsp3) is 0.792. The number of ether oxygens (including phenoxy) is 1. The van der Waals surface area contributed by atoms with Crippen molar-refractivity contribution in [3.05, 3.63) is 10.4 Å². The molecular formula is C24H43N7O6. The first-order chi connectivity index (χ1) is 16.2. The van der Waals surface area contributed by atoms with Gasteiger partial charge in [0.2, 0.25) is 23.6 Å². The number of esters is 1. The molecule has 0 bridgehead atoms. The third-order valence-electron chi connectivity index (χ3n) is 5.17. The smallest absolute Gasteiger partial charge is 0.331 e. The van der Waals surface area contributed by atoms with E-state index in [1.165, 1.54) is 69.2 Å². The van der Waals surface area contributed by atoms with E-state index in [4.69, 9.17) is 10.3 Å². The lowest BCUT2D eigenvalue weighted by molar-refractivity contribution is -0.163. The molecule has 0 radical (unpaired) electrons. The largest absolute Gasteiger partial charge is 0.458 e. The Hall–Kier alpha value is -3.34. The maximum Gasteiger partial charge on any atom is 0.331 e. The van der Waals surface area contributed by atoms with Crippen molar-refractivity contribution in [2.75, 3.05) is 0 Å². The average molecular weight is 526 g/mol. The van der Waals surface area contributed by atoms with Crippen LogP contribution in [-0.2, 0) is 28.7 Å². The minimum atomic E-state index is -1.50. The van der Waals surface area contributed by atoms with Crippen molar-refractivity contribution in [3.8, 4) is 0 Å². The van der Waals surface area contributed by atoms with Gasteiger partial charge in [-0.15, -0.1) is 0 Å². The van der Waals surface area contributed by atoms with E-state index in [2.05, 4.69) is 31.3 Å². The molecule has 0 aliphatic carbocycles. The van der Waals surface area contributed by atoms with Gasteiger partial charge in [0, 0.05) is 4.91 Å². The second-order valence-electron chi connectivity index (χ2n) is 12.6. The Morgan fingerprint density at radius 3 is 1.16 bits per heavy atom. The van der Waals surface area contributed by atoms with Crippen LogP contribution in [0.25, 0.3) is 10.4 Å². The molecule has 4 N–H and O–H groups in total. The molecule has 0 saturated carbocycles. The first-order valence-electron chi connectivity index (χ1n) is 11.8. The second-order valence-corrected chi connectivity index (χ2v) is 12.6. The van der Waals surface area contributed by atoms with Crippen LogP contribution < -0.4 is 21.3 Å². The van der Waals surface area contributed by atoms with E-state index in [-0.39, 0.29) is 0 Å². The van der Waals surface area contributed by atoms with Crippen molar-refractivity contribution < 1.29 is 28.7 Å². The van der Waals surface area contributed by atoms with E-state index >= 15 is 0 Å². The monoisotopic (exact) mass is 525 g/mol. The zero-order valence-electron chi connectivity index (χ0n) is 24.3. The van der Waals surface area contributed by atoms with Gasteiger partial charge < -0.3 is 26.0 Å². The fourth-order valence-electron chi connectivity index (χ4n) is 2.54. The van der Waals surface area contributed by atoms with E-state index in [1.54, 1.807) is 20.8 Å². The molecule has 0 heterocycles. The average Bonchev–Trinajstić information content (AvgIpc) is 2.65. The molecule has 37 heavy (non-hydrogen) atoms. The molecule has 0 atom stereocenters. The molecule has 210 valence electrons. The number of carbonyl (C=O) groups excluding carboxylic acids is 5. The molecule has 0 spiro atoms. The minimum absolute atomic E-state index is 0.643. The molecule has 0 unspecified atom stereocenters. The molecule has 0 aromatic rings. The molecule has 13 heteroatoms. The highest BCUT2D eigenvalue weighted by Crippen LogP contribution is 2.17. The number of carbonyl (C=O) groups is 5. The normalized spacial score (nSPS) is 13.0. The Bertz CT molecular complexity index is 984. The maximum absolute atomic E-state index is 13.1. The van der Waals surface area contributed by atoms with Crippen LogP contribution in [-0.4, -0.2) is 62.9 Å². The molecule has 0 saturated heterocycles. The lowest BCUT2D eigenvalue weighted by Crippen LogP contribution is -2.67. The molecule has 13 nitrogen and oxygen atoms in total. The van der Waals surface area contributed by atoms with Crippen LogP contribution in [0, 0.1) is 0 Å². The standard InChI is InChI=1S/C24H43N7O6/c1-19(2,3)37-18(36)24(12,13)29-16(34)22(8,9)27-14(32)20(4,5)26-15(33)21(6,7)28-17(35)23(10,11)30-31-25/h1-13H3,(H,26,33)(H,27,32)(H,28,35)(H,29,34). The van der Waals surface area contributed by atoms with Gasteiger partial charge in [-0.3, -0.25) is 19.2 Å². The van der Waals surface area contributed by atoms with Gasteiger partial charge in [-0.05, 0) is 95.5 Å². The number of nitrogens with zero attached hydrogens (tertiary/aromatic N) is 3. The van der Waals surface area contributed by atoms with Crippen LogP contribution in [0.1, 0.15) is 90.0 Å². The van der Waals surface area contributed by atoms with Crippen molar-refractivity contribution in [2.24, 2.45) is 5.11 Å². The van der Waals surface area contributed by atoms with Crippen LogP contribution in [0.2, 0.25) is 0 Å². The van der Waals surface area contributed by atoms with Gasteiger partial charge in [0.1, 0.15) is 33.3 Å². The minimum Gasteiger partial charge on any atom is -0.458 e.